The van der Waals surface area contributed by atoms with Crippen LogP contribution in [0.2, 0.25) is 0 Å². The van der Waals surface area contributed by atoms with Crippen LogP contribution in [-0.2, 0) is 0 Å². The van der Waals surface area contributed by atoms with E-state index in [0.29, 0.717) is 0 Å². The van der Waals surface area contributed by atoms with Crippen LogP contribution in [0.25, 0.3) is 0 Å². The van der Waals surface area contributed by atoms with Crippen LogP contribution in [0.5, 0.6) is 5.75 Å². The Labute approximate surface area is 107 Å². The molecule has 18 heavy (non-hydrogen) atoms. The number of aryl methyl sites for hydroxylation is 1. The van der Waals surface area contributed by atoms with E-state index in [4.69, 9.17) is 10.8 Å². The van der Waals surface area contributed by atoms with Crippen molar-refractivity contribution in [2.24, 2.45) is 5.73 Å². The van der Waals surface area contributed by atoms with E-state index in [9.17, 15) is 23.1 Å². The van der Waals surface area contributed by atoms with Crippen molar-refractivity contribution in [3.8, 4) is 5.75 Å². The highest BCUT2D eigenvalue weighted by atomic mass is 35.5. The van der Waals surface area contributed by atoms with Gasteiger partial charge >= 0.3 is 12.1 Å². The summed E-state index contributed by atoms with van der Waals surface area (Å²) in [5.74, 6) is -2.32. The highest BCUT2D eigenvalue weighted by Crippen LogP contribution is 2.38. The van der Waals surface area contributed by atoms with Crippen LogP contribution >= 0.6 is 12.4 Å². The number of carboxylic acid groups (broad SMARTS) is 1. The second-order valence-corrected chi connectivity index (χ2v) is 3.52. The molecule has 0 aromatic heterocycles. The summed E-state index contributed by atoms with van der Waals surface area (Å²) in [6, 6.07) is -0.336. The minimum absolute atomic E-state index is 0. The van der Waals surface area contributed by atoms with E-state index in [0.717, 1.165) is 6.07 Å². The molecule has 4 nitrogen and oxygen atoms in total. The van der Waals surface area contributed by atoms with E-state index in [2.05, 4.69) is 0 Å². The largest absolute Gasteiger partial charge is 0.507 e. The lowest BCUT2D eigenvalue weighted by Gasteiger charge is -2.19. The summed E-state index contributed by atoms with van der Waals surface area (Å²) < 4.78 is 37.4. The van der Waals surface area contributed by atoms with Gasteiger partial charge in [0.25, 0.3) is 0 Å². The van der Waals surface area contributed by atoms with Crippen LogP contribution in [0.15, 0.2) is 12.1 Å². The molecule has 0 aliphatic heterocycles. The van der Waals surface area contributed by atoms with E-state index in [1.165, 1.54) is 13.0 Å². The van der Waals surface area contributed by atoms with Gasteiger partial charge in [-0.2, -0.15) is 13.2 Å². The van der Waals surface area contributed by atoms with Crippen molar-refractivity contribution < 1.29 is 28.2 Å². The summed E-state index contributed by atoms with van der Waals surface area (Å²) in [6.07, 6.45) is -4.82. The maximum Gasteiger partial charge on any atom is 0.407 e. The van der Waals surface area contributed by atoms with Gasteiger partial charge < -0.3 is 15.9 Å². The molecule has 0 fully saturated rings. The number of carbonyl (C=O) groups is 1. The van der Waals surface area contributed by atoms with Crippen LogP contribution in [0.1, 0.15) is 27.5 Å². The summed E-state index contributed by atoms with van der Waals surface area (Å²) >= 11 is 0. The second-order valence-electron chi connectivity index (χ2n) is 3.52. The van der Waals surface area contributed by atoms with Crippen LogP contribution < -0.4 is 5.73 Å². The molecule has 0 heterocycles. The highest BCUT2D eigenvalue weighted by molar-refractivity contribution is 5.90. The fourth-order valence-corrected chi connectivity index (χ4v) is 1.38. The van der Waals surface area contributed by atoms with Crippen LogP contribution in [0, 0.1) is 6.92 Å². The number of hydrogen-bond acceptors (Lipinski definition) is 3. The number of phenols is 1. The van der Waals surface area contributed by atoms with Crippen molar-refractivity contribution in [1.29, 1.82) is 0 Å². The number of rotatable bonds is 2. The maximum absolute atomic E-state index is 12.5. The van der Waals surface area contributed by atoms with Gasteiger partial charge in [0, 0.05) is 5.56 Å². The average molecular weight is 286 g/mol. The Morgan fingerprint density at radius 3 is 2.28 bits per heavy atom. The molecule has 0 unspecified atom stereocenters. The Kier molecular flexibility index (Phi) is 5.00. The SMILES string of the molecule is Cc1ccc(C(=O)O)c([C@H](N)C(F)(F)F)c1O.Cl. The first-order valence-electron chi connectivity index (χ1n) is 4.54. The third-order valence-electron chi connectivity index (χ3n) is 2.31. The topological polar surface area (TPSA) is 83.5 Å². The molecule has 0 spiro atoms. The van der Waals surface area contributed by atoms with Gasteiger partial charge in [-0.05, 0) is 18.6 Å². The summed E-state index contributed by atoms with van der Waals surface area (Å²) in [5.41, 5.74) is 3.59. The molecule has 0 aliphatic carbocycles. The summed E-state index contributed by atoms with van der Waals surface area (Å²) in [7, 11) is 0. The number of hydrogen-bond donors (Lipinski definition) is 3. The van der Waals surface area contributed by atoms with Gasteiger partial charge in [-0.15, -0.1) is 12.4 Å². The van der Waals surface area contributed by atoms with Gasteiger partial charge in [-0.25, -0.2) is 4.79 Å². The number of aromatic hydroxyl groups is 1. The first-order chi connectivity index (χ1) is 7.66. The normalized spacial score (nSPS) is 12.7. The predicted octanol–water partition coefficient (Wildman–Crippen LogP) is 2.38. The molecule has 1 aromatic rings. The Bertz CT molecular complexity index is 462. The molecule has 0 saturated carbocycles. The molecule has 1 aromatic carbocycles. The summed E-state index contributed by atoms with van der Waals surface area (Å²) in [6.45, 7) is 1.35. The molecule has 1 rings (SSSR count). The third-order valence-corrected chi connectivity index (χ3v) is 2.31. The Morgan fingerprint density at radius 2 is 1.89 bits per heavy atom. The number of benzene rings is 1. The minimum atomic E-state index is -4.82. The molecular formula is C10H11ClF3NO3. The van der Waals surface area contributed by atoms with Crippen molar-refractivity contribution in [3.05, 3.63) is 28.8 Å². The van der Waals surface area contributed by atoms with E-state index in [1.807, 2.05) is 0 Å². The number of aromatic carboxylic acids is 1. The fraction of sp³-hybridized carbons (Fsp3) is 0.300. The molecule has 0 amide bonds. The number of nitrogens with two attached hydrogens (primary N) is 1. The van der Waals surface area contributed by atoms with E-state index >= 15 is 0 Å². The lowest BCUT2D eigenvalue weighted by Crippen LogP contribution is -2.30. The lowest BCUT2D eigenvalue weighted by atomic mass is 9.96. The number of alkyl halides is 3. The molecule has 0 saturated heterocycles. The van der Waals surface area contributed by atoms with Crippen molar-refractivity contribution in [3.63, 3.8) is 0 Å². The first-order valence-corrected chi connectivity index (χ1v) is 4.54. The third kappa shape index (κ3) is 3.05. The van der Waals surface area contributed by atoms with Gasteiger partial charge in [0.05, 0.1) is 5.56 Å². The molecule has 0 bridgehead atoms. The number of phenolic OH excluding ortho intramolecular Hbond substituents is 1. The summed E-state index contributed by atoms with van der Waals surface area (Å²) in [5, 5.41) is 18.3. The smallest absolute Gasteiger partial charge is 0.407 e. The fourth-order valence-electron chi connectivity index (χ4n) is 1.38. The van der Waals surface area contributed by atoms with Gasteiger partial charge in [-0.1, -0.05) is 6.07 Å². The molecule has 4 N–H and O–H groups in total. The molecule has 102 valence electrons. The van der Waals surface area contributed by atoms with E-state index in [-0.39, 0.29) is 18.0 Å². The zero-order valence-corrected chi connectivity index (χ0v) is 9.97. The van der Waals surface area contributed by atoms with Gasteiger partial charge in [-0.3, -0.25) is 0 Å². The molecular weight excluding hydrogens is 275 g/mol. The van der Waals surface area contributed by atoms with Crippen molar-refractivity contribution in [2.45, 2.75) is 19.1 Å². The number of halogens is 4. The van der Waals surface area contributed by atoms with Crippen molar-refractivity contribution in [2.75, 3.05) is 0 Å². The van der Waals surface area contributed by atoms with E-state index < -0.39 is 35.1 Å². The monoisotopic (exact) mass is 285 g/mol. The van der Waals surface area contributed by atoms with Gasteiger partial charge in [0.15, 0.2) is 0 Å². The number of carboxylic acids is 1. The first kappa shape index (κ1) is 16.5. The zero-order chi connectivity index (χ0) is 13.4. The predicted molar refractivity (Wildman–Crippen MR) is 60.0 cm³/mol. The van der Waals surface area contributed by atoms with Crippen molar-refractivity contribution in [1.82, 2.24) is 0 Å². The van der Waals surface area contributed by atoms with Crippen LogP contribution in [-0.4, -0.2) is 22.4 Å². The second kappa shape index (κ2) is 5.45. The highest BCUT2D eigenvalue weighted by Gasteiger charge is 2.41. The average Bonchev–Trinajstić information content (AvgIpc) is 2.19. The lowest BCUT2D eigenvalue weighted by molar-refractivity contribution is -0.149. The Balaban J connectivity index is 0.00000289. The molecule has 1 atom stereocenters. The minimum Gasteiger partial charge on any atom is -0.507 e. The maximum atomic E-state index is 12.5. The molecule has 0 aliphatic rings. The quantitative estimate of drug-likeness (QED) is 0.779. The van der Waals surface area contributed by atoms with Gasteiger partial charge in [0.1, 0.15) is 11.8 Å². The van der Waals surface area contributed by atoms with Crippen LogP contribution in [0.3, 0.4) is 0 Å². The van der Waals surface area contributed by atoms with Crippen molar-refractivity contribution >= 4 is 18.4 Å². The standard InChI is InChI=1S/C10H10F3NO3.ClH/c1-4-2-3-5(9(16)17)6(7(4)15)8(14)10(11,12)13;/h2-3,8,15H,14H2,1H3,(H,16,17);1H/t8-;/m0./s1. The van der Waals surface area contributed by atoms with Gasteiger partial charge in [0.2, 0.25) is 0 Å². The molecule has 8 heteroatoms. The Hall–Kier alpha value is -1.47. The van der Waals surface area contributed by atoms with Crippen LogP contribution in [0.4, 0.5) is 13.2 Å². The summed E-state index contributed by atoms with van der Waals surface area (Å²) in [4.78, 5) is 10.8. The zero-order valence-electron chi connectivity index (χ0n) is 9.15. The molecule has 0 radical (unpaired) electrons. The Morgan fingerprint density at radius 1 is 1.39 bits per heavy atom. The van der Waals surface area contributed by atoms with E-state index in [1.54, 1.807) is 0 Å².